The summed E-state index contributed by atoms with van der Waals surface area (Å²) < 4.78 is 9.95. The second kappa shape index (κ2) is 15.4. The second-order valence-electron chi connectivity index (χ2n) is 5.49. The van der Waals surface area contributed by atoms with E-state index in [0.29, 0.717) is 5.56 Å². The maximum atomic E-state index is 10.2. The molecule has 4 nitrogen and oxygen atoms in total. The number of ether oxygens (including phenoxy) is 2. The van der Waals surface area contributed by atoms with Crippen LogP contribution in [0.15, 0.2) is 73.8 Å². The van der Waals surface area contributed by atoms with Crippen molar-refractivity contribution in [2.24, 2.45) is 5.73 Å². The molecule has 0 bridgehead atoms. The molecule has 0 spiro atoms. The number of allylic oxidation sites excluding steroid dienone is 1. The molecule has 0 saturated carbocycles. The lowest BCUT2D eigenvalue weighted by molar-refractivity contribution is 0.112. The number of methoxy groups -OCH3 is 2. The molecule has 1 atom stereocenters. The highest BCUT2D eigenvalue weighted by Crippen LogP contribution is 2.18. The minimum Gasteiger partial charge on any atom is -0.497 e. The van der Waals surface area contributed by atoms with Crippen LogP contribution in [0.4, 0.5) is 0 Å². The Kier molecular flexibility index (Phi) is 13.8. The van der Waals surface area contributed by atoms with Crippen LogP contribution >= 0.6 is 0 Å². The summed E-state index contributed by atoms with van der Waals surface area (Å²) in [6.45, 7) is 9.20. The Hall–Kier alpha value is -2.85. The number of benzene rings is 2. The van der Waals surface area contributed by atoms with E-state index in [2.05, 4.69) is 20.1 Å². The smallest absolute Gasteiger partial charge is 0.150 e. The summed E-state index contributed by atoms with van der Waals surface area (Å²) in [6, 6.07) is 14.8. The quantitative estimate of drug-likeness (QED) is 0.527. The van der Waals surface area contributed by atoms with Crippen LogP contribution in [-0.4, -0.2) is 20.5 Å². The highest BCUT2D eigenvalue weighted by atomic mass is 16.5. The summed E-state index contributed by atoms with van der Waals surface area (Å²) >= 11 is 0. The van der Waals surface area contributed by atoms with Crippen molar-refractivity contribution in [2.45, 2.75) is 25.8 Å². The first-order valence-corrected chi connectivity index (χ1v) is 8.76. The summed E-state index contributed by atoms with van der Waals surface area (Å²) in [6.07, 6.45) is 6.39. The zero-order valence-electron chi connectivity index (χ0n) is 16.6. The summed E-state index contributed by atoms with van der Waals surface area (Å²) in [7, 11) is 3.24. The van der Waals surface area contributed by atoms with Gasteiger partial charge in [-0.3, -0.25) is 4.79 Å². The monoisotopic (exact) mass is 369 g/mol. The van der Waals surface area contributed by atoms with Gasteiger partial charge in [0.25, 0.3) is 0 Å². The van der Waals surface area contributed by atoms with Gasteiger partial charge in [-0.1, -0.05) is 31.2 Å². The van der Waals surface area contributed by atoms with Crippen LogP contribution in [0.25, 0.3) is 0 Å². The van der Waals surface area contributed by atoms with Crippen molar-refractivity contribution in [2.75, 3.05) is 14.2 Å². The van der Waals surface area contributed by atoms with Crippen molar-refractivity contribution >= 4 is 6.29 Å². The van der Waals surface area contributed by atoms with Crippen LogP contribution < -0.4 is 15.2 Å². The Labute approximate surface area is 163 Å². The van der Waals surface area contributed by atoms with E-state index in [0.717, 1.165) is 36.2 Å². The zero-order valence-corrected chi connectivity index (χ0v) is 16.6. The maximum Gasteiger partial charge on any atom is 0.150 e. The molecular weight excluding hydrogens is 338 g/mol. The van der Waals surface area contributed by atoms with Gasteiger partial charge in [-0.2, -0.15) is 0 Å². The van der Waals surface area contributed by atoms with Crippen molar-refractivity contribution in [3.8, 4) is 11.5 Å². The fraction of sp³-hybridized carbons (Fsp3) is 0.261. The van der Waals surface area contributed by atoms with Gasteiger partial charge in [-0.05, 0) is 54.8 Å². The van der Waals surface area contributed by atoms with E-state index in [-0.39, 0.29) is 6.04 Å². The number of aldehydes is 1. The first kappa shape index (κ1) is 24.1. The zero-order chi connectivity index (χ0) is 20.5. The van der Waals surface area contributed by atoms with Gasteiger partial charge in [-0.25, -0.2) is 0 Å². The summed E-state index contributed by atoms with van der Waals surface area (Å²) in [5.74, 6) is 1.63. The van der Waals surface area contributed by atoms with Crippen LogP contribution in [0.5, 0.6) is 11.5 Å². The summed E-state index contributed by atoms with van der Waals surface area (Å²) in [5, 5.41) is 0. The number of rotatable bonds is 7. The molecule has 146 valence electrons. The number of hydrogen-bond acceptors (Lipinski definition) is 4. The standard InChI is InChI=1S/C11H15NO.C8H8O2.C4H8/c1-3-4-11(12)9-5-7-10(13-2)8-6-9;1-10-8-4-2-7(6-9)3-5-8;1-3-4-2/h3,5-8,11H,1,4,12H2,2H3;2-6H,1H3;3H,1,4H2,2H3. The minimum absolute atomic E-state index is 0.0448. The first-order valence-electron chi connectivity index (χ1n) is 8.76. The lowest BCUT2D eigenvalue weighted by Gasteiger charge is -2.09. The van der Waals surface area contributed by atoms with E-state index in [9.17, 15) is 4.79 Å². The molecule has 0 aromatic heterocycles. The van der Waals surface area contributed by atoms with Gasteiger partial charge >= 0.3 is 0 Å². The Morgan fingerprint density at radius 3 is 1.70 bits per heavy atom. The summed E-state index contributed by atoms with van der Waals surface area (Å²) in [4.78, 5) is 10.2. The molecule has 4 heteroatoms. The predicted octanol–water partition coefficient (Wildman–Crippen LogP) is 5.36. The van der Waals surface area contributed by atoms with E-state index >= 15 is 0 Å². The molecule has 2 rings (SSSR count). The van der Waals surface area contributed by atoms with E-state index in [4.69, 9.17) is 15.2 Å². The van der Waals surface area contributed by atoms with Crippen molar-refractivity contribution in [3.05, 3.63) is 85.0 Å². The van der Waals surface area contributed by atoms with Gasteiger partial charge in [0.1, 0.15) is 17.8 Å². The van der Waals surface area contributed by atoms with Gasteiger partial charge in [0, 0.05) is 11.6 Å². The van der Waals surface area contributed by atoms with Gasteiger partial charge in [-0.15, -0.1) is 13.2 Å². The molecule has 0 aliphatic heterocycles. The number of hydrogen-bond donors (Lipinski definition) is 1. The molecule has 0 heterocycles. The van der Waals surface area contributed by atoms with Crippen molar-refractivity contribution < 1.29 is 14.3 Å². The maximum absolute atomic E-state index is 10.2. The van der Waals surface area contributed by atoms with Crippen LogP contribution in [-0.2, 0) is 0 Å². The molecule has 0 aliphatic carbocycles. The normalized spacial score (nSPS) is 10.1. The molecule has 0 radical (unpaired) electrons. The molecule has 1 unspecified atom stereocenters. The summed E-state index contributed by atoms with van der Waals surface area (Å²) in [5.41, 5.74) is 7.66. The van der Waals surface area contributed by atoms with Gasteiger partial charge < -0.3 is 15.2 Å². The molecule has 0 fully saturated rings. The fourth-order valence-corrected chi connectivity index (χ4v) is 1.85. The largest absolute Gasteiger partial charge is 0.497 e. The fourth-order valence-electron chi connectivity index (χ4n) is 1.85. The Balaban J connectivity index is 0.000000428. The lowest BCUT2D eigenvalue weighted by Crippen LogP contribution is -2.08. The predicted molar refractivity (Wildman–Crippen MR) is 114 cm³/mol. The number of nitrogens with two attached hydrogens (primary N) is 1. The van der Waals surface area contributed by atoms with Crippen LogP contribution in [0.3, 0.4) is 0 Å². The van der Waals surface area contributed by atoms with Crippen LogP contribution in [0, 0.1) is 0 Å². The van der Waals surface area contributed by atoms with E-state index in [1.165, 1.54) is 0 Å². The SMILES string of the molecule is C=CCC.C=CCC(N)c1ccc(OC)cc1.COc1ccc(C=O)cc1. The Bertz CT molecular complexity index is 648. The average Bonchev–Trinajstić information content (AvgIpc) is 2.74. The van der Waals surface area contributed by atoms with E-state index in [1.54, 1.807) is 38.5 Å². The molecule has 0 saturated heterocycles. The third-order valence-corrected chi connectivity index (χ3v) is 3.51. The average molecular weight is 370 g/mol. The highest BCUT2D eigenvalue weighted by molar-refractivity contribution is 5.74. The molecular formula is C23H31NO3. The van der Waals surface area contributed by atoms with Crippen LogP contribution in [0.2, 0.25) is 0 Å². The number of carbonyl (C=O) groups excluding carboxylic acids is 1. The van der Waals surface area contributed by atoms with E-state index in [1.807, 2.05) is 36.4 Å². The first-order chi connectivity index (χ1) is 13.1. The third-order valence-electron chi connectivity index (χ3n) is 3.51. The topological polar surface area (TPSA) is 61.6 Å². The van der Waals surface area contributed by atoms with E-state index < -0.39 is 0 Å². The molecule has 0 amide bonds. The van der Waals surface area contributed by atoms with Crippen molar-refractivity contribution in [1.82, 2.24) is 0 Å². The molecule has 2 aromatic rings. The van der Waals surface area contributed by atoms with Gasteiger partial charge in [0.05, 0.1) is 14.2 Å². The Morgan fingerprint density at radius 1 is 0.926 bits per heavy atom. The Morgan fingerprint density at radius 2 is 1.37 bits per heavy atom. The highest BCUT2D eigenvalue weighted by Gasteiger charge is 2.02. The number of carbonyl (C=O) groups is 1. The lowest BCUT2D eigenvalue weighted by atomic mass is 10.1. The molecule has 2 N–H and O–H groups in total. The van der Waals surface area contributed by atoms with Crippen molar-refractivity contribution in [3.63, 3.8) is 0 Å². The molecule has 0 aliphatic rings. The molecule has 2 aromatic carbocycles. The molecule has 27 heavy (non-hydrogen) atoms. The van der Waals surface area contributed by atoms with Crippen molar-refractivity contribution in [1.29, 1.82) is 0 Å². The van der Waals surface area contributed by atoms with Crippen LogP contribution in [0.1, 0.15) is 41.7 Å². The third kappa shape index (κ3) is 10.7. The van der Waals surface area contributed by atoms with Gasteiger partial charge in [0.2, 0.25) is 0 Å². The van der Waals surface area contributed by atoms with Gasteiger partial charge in [0.15, 0.2) is 0 Å². The minimum atomic E-state index is 0.0448. The second-order valence-corrected chi connectivity index (χ2v) is 5.49.